The van der Waals surface area contributed by atoms with Crippen molar-refractivity contribution in [3.05, 3.63) is 23.3 Å². The summed E-state index contributed by atoms with van der Waals surface area (Å²) in [6.07, 6.45) is 0. The fraction of sp³-hybridized carbons (Fsp3) is 0.462. The van der Waals surface area contributed by atoms with Crippen LogP contribution in [0.3, 0.4) is 0 Å². The van der Waals surface area contributed by atoms with Gasteiger partial charge in [-0.15, -0.1) is 0 Å². The molecule has 0 spiro atoms. The average molecular weight is 317 g/mol. The van der Waals surface area contributed by atoms with Gasteiger partial charge in [0, 0.05) is 7.11 Å². The largest absolute Gasteiger partial charge is 0.496 e. The molecule has 0 aliphatic heterocycles. The maximum Gasteiger partial charge on any atom is 0.183 e. The Kier molecular flexibility index (Phi) is 5.62. The quantitative estimate of drug-likeness (QED) is 0.598. The summed E-state index contributed by atoms with van der Waals surface area (Å²) in [4.78, 5) is 11.8. The summed E-state index contributed by atoms with van der Waals surface area (Å²) in [5.74, 6) is 0.920. The van der Waals surface area contributed by atoms with Crippen LogP contribution in [0.15, 0.2) is 12.1 Å². The van der Waals surface area contributed by atoms with Crippen LogP contribution in [0.5, 0.6) is 11.5 Å². The Morgan fingerprint density at radius 3 is 2.06 bits per heavy atom. The lowest BCUT2D eigenvalue weighted by atomic mass is 10.0. The maximum atomic E-state index is 12.1. The number of benzene rings is 1. The SMILES string of the molecule is COCc1cc(OC)c(C(=O)C(C)Br)c(OC)c1. The molecule has 1 unspecified atom stereocenters. The van der Waals surface area contributed by atoms with E-state index in [1.807, 2.05) is 0 Å². The first-order valence-corrected chi connectivity index (χ1v) is 6.38. The molecule has 18 heavy (non-hydrogen) atoms. The van der Waals surface area contributed by atoms with Gasteiger partial charge < -0.3 is 14.2 Å². The molecule has 0 saturated heterocycles. The molecule has 4 nitrogen and oxygen atoms in total. The second-order valence-corrected chi connectivity index (χ2v) is 5.16. The van der Waals surface area contributed by atoms with Gasteiger partial charge in [0.2, 0.25) is 0 Å². The monoisotopic (exact) mass is 316 g/mol. The van der Waals surface area contributed by atoms with Crippen LogP contribution < -0.4 is 9.47 Å². The van der Waals surface area contributed by atoms with Crippen LogP contribution in [0.4, 0.5) is 0 Å². The lowest BCUT2D eigenvalue weighted by Gasteiger charge is -2.15. The minimum Gasteiger partial charge on any atom is -0.496 e. The van der Waals surface area contributed by atoms with Gasteiger partial charge in [-0.3, -0.25) is 4.79 Å². The van der Waals surface area contributed by atoms with E-state index in [-0.39, 0.29) is 10.6 Å². The first-order valence-electron chi connectivity index (χ1n) is 5.47. The molecule has 5 heteroatoms. The Morgan fingerprint density at radius 2 is 1.72 bits per heavy atom. The second kappa shape index (κ2) is 6.75. The Hall–Kier alpha value is -1.07. The van der Waals surface area contributed by atoms with Gasteiger partial charge in [0.25, 0.3) is 0 Å². The highest BCUT2D eigenvalue weighted by atomic mass is 79.9. The zero-order chi connectivity index (χ0) is 13.7. The van der Waals surface area contributed by atoms with E-state index in [4.69, 9.17) is 14.2 Å². The number of carbonyl (C=O) groups excluding carboxylic acids is 1. The third-order valence-electron chi connectivity index (χ3n) is 2.48. The van der Waals surface area contributed by atoms with Crippen molar-refractivity contribution >= 4 is 21.7 Å². The Morgan fingerprint density at radius 1 is 1.22 bits per heavy atom. The van der Waals surface area contributed by atoms with E-state index in [0.29, 0.717) is 23.7 Å². The Labute approximate surface area is 115 Å². The summed E-state index contributed by atoms with van der Waals surface area (Å²) in [5, 5.41) is 0. The van der Waals surface area contributed by atoms with Crippen LogP contribution in [-0.2, 0) is 11.3 Å². The molecular formula is C13H17BrO4. The van der Waals surface area contributed by atoms with E-state index < -0.39 is 0 Å². The Balaban J connectivity index is 3.34. The number of alkyl halides is 1. The molecule has 0 N–H and O–H groups in total. The minimum atomic E-state index is -0.298. The van der Waals surface area contributed by atoms with Crippen LogP contribution in [0.25, 0.3) is 0 Å². The molecule has 0 aromatic heterocycles. The van der Waals surface area contributed by atoms with E-state index in [1.165, 1.54) is 14.2 Å². The predicted octanol–water partition coefficient (Wildman–Crippen LogP) is 2.82. The summed E-state index contributed by atoms with van der Waals surface area (Å²) in [5.41, 5.74) is 1.34. The van der Waals surface area contributed by atoms with Crippen LogP contribution in [0.2, 0.25) is 0 Å². The molecule has 0 fully saturated rings. The number of ether oxygens (including phenoxy) is 3. The van der Waals surface area contributed by atoms with Gasteiger partial charge in [-0.05, 0) is 24.6 Å². The molecule has 1 aromatic rings. The smallest absolute Gasteiger partial charge is 0.183 e. The zero-order valence-corrected chi connectivity index (χ0v) is 12.5. The third-order valence-corrected chi connectivity index (χ3v) is 2.90. The number of hydrogen-bond acceptors (Lipinski definition) is 4. The highest BCUT2D eigenvalue weighted by molar-refractivity contribution is 9.10. The minimum absolute atomic E-state index is 0.0762. The van der Waals surface area contributed by atoms with Crippen molar-refractivity contribution in [1.82, 2.24) is 0 Å². The molecular weight excluding hydrogens is 300 g/mol. The molecule has 0 amide bonds. The molecule has 100 valence electrons. The van der Waals surface area contributed by atoms with Crippen molar-refractivity contribution in [1.29, 1.82) is 0 Å². The van der Waals surface area contributed by atoms with E-state index in [2.05, 4.69) is 15.9 Å². The molecule has 1 aromatic carbocycles. The molecule has 0 heterocycles. The predicted molar refractivity (Wildman–Crippen MR) is 73.0 cm³/mol. The average Bonchev–Trinajstić information content (AvgIpc) is 2.36. The number of Topliss-reactive ketones (excluding diaryl/α,β-unsaturated/α-hetero) is 1. The fourth-order valence-electron chi connectivity index (χ4n) is 1.66. The first-order chi connectivity index (χ1) is 8.54. The van der Waals surface area contributed by atoms with Crippen molar-refractivity contribution < 1.29 is 19.0 Å². The Bertz CT molecular complexity index is 404. The molecule has 0 saturated carbocycles. The van der Waals surface area contributed by atoms with E-state index in [1.54, 1.807) is 26.2 Å². The van der Waals surface area contributed by atoms with Gasteiger partial charge in [-0.1, -0.05) is 15.9 Å². The standard InChI is InChI=1S/C13H17BrO4/c1-8(14)13(15)12-10(17-3)5-9(7-16-2)6-11(12)18-4/h5-6,8H,7H2,1-4H3. The van der Waals surface area contributed by atoms with Crippen LogP contribution in [0.1, 0.15) is 22.8 Å². The maximum absolute atomic E-state index is 12.1. The van der Waals surface area contributed by atoms with Crippen LogP contribution in [-0.4, -0.2) is 31.9 Å². The molecule has 0 radical (unpaired) electrons. The molecule has 0 aliphatic carbocycles. The van der Waals surface area contributed by atoms with Gasteiger partial charge >= 0.3 is 0 Å². The number of rotatable bonds is 6. The van der Waals surface area contributed by atoms with Crippen molar-refractivity contribution in [2.24, 2.45) is 0 Å². The topological polar surface area (TPSA) is 44.8 Å². The molecule has 1 atom stereocenters. The van der Waals surface area contributed by atoms with Gasteiger partial charge in [0.05, 0.1) is 25.7 Å². The van der Waals surface area contributed by atoms with E-state index in [0.717, 1.165) is 5.56 Å². The first kappa shape index (κ1) is 15.0. The lowest BCUT2D eigenvalue weighted by Crippen LogP contribution is -2.13. The molecule has 0 bridgehead atoms. The van der Waals surface area contributed by atoms with Gasteiger partial charge in [0.1, 0.15) is 17.1 Å². The zero-order valence-electron chi connectivity index (χ0n) is 11.0. The van der Waals surface area contributed by atoms with Gasteiger partial charge in [-0.25, -0.2) is 0 Å². The molecule has 0 aliphatic rings. The van der Waals surface area contributed by atoms with Crippen molar-refractivity contribution in [3.8, 4) is 11.5 Å². The van der Waals surface area contributed by atoms with E-state index in [9.17, 15) is 4.79 Å². The van der Waals surface area contributed by atoms with Crippen molar-refractivity contribution in [2.45, 2.75) is 18.4 Å². The number of carbonyl (C=O) groups is 1. The highest BCUT2D eigenvalue weighted by Gasteiger charge is 2.22. The summed E-state index contributed by atoms with van der Waals surface area (Å²) in [6.45, 7) is 2.20. The number of halogens is 1. The lowest BCUT2D eigenvalue weighted by molar-refractivity contribution is 0.0989. The van der Waals surface area contributed by atoms with E-state index >= 15 is 0 Å². The number of methoxy groups -OCH3 is 3. The van der Waals surface area contributed by atoms with Crippen molar-refractivity contribution in [2.75, 3.05) is 21.3 Å². The number of hydrogen-bond donors (Lipinski definition) is 0. The number of ketones is 1. The normalized spacial score (nSPS) is 12.1. The van der Waals surface area contributed by atoms with Gasteiger partial charge in [0.15, 0.2) is 5.78 Å². The summed E-state index contributed by atoms with van der Waals surface area (Å²) < 4.78 is 15.6. The van der Waals surface area contributed by atoms with Gasteiger partial charge in [-0.2, -0.15) is 0 Å². The summed E-state index contributed by atoms with van der Waals surface area (Å²) in [6, 6.07) is 3.57. The summed E-state index contributed by atoms with van der Waals surface area (Å²) >= 11 is 3.27. The molecule has 1 rings (SSSR count). The van der Waals surface area contributed by atoms with Crippen LogP contribution in [0, 0.1) is 0 Å². The van der Waals surface area contributed by atoms with Crippen LogP contribution >= 0.6 is 15.9 Å². The highest BCUT2D eigenvalue weighted by Crippen LogP contribution is 2.33. The summed E-state index contributed by atoms with van der Waals surface area (Å²) in [7, 11) is 4.67. The fourth-order valence-corrected chi connectivity index (χ4v) is 1.89. The third kappa shape index (κ3) is 3.23. The van der Waals surface area contributed by atoms with Crippen molar-refractivity contribution in [3.63, 3.8) is 0 Å². The second-order valence-electron chi connectivity index (χ2n) is 3.79.